The number of carbonyl (C=O) groups is 1. The van der Waals surface area contributed by atoms with Crippen LogP contribution in [0.2, 0.25) is 0 Å². The van der Waals surface area contributed by atoms with Gasteiger partial charge in [0.2, 0.25) is 5.91 Å². The lowest BCUT2D eigenvalue weighted by atomic mass is 10.2. The summed E-state index contributed by atoms with van der Waals surface area (Å²) in [5.41, 5.74) is 0.858. The van der Waals surface area contributed by atoms with E-state index in [2.05, 4.69) is 10.6 Å². The lowest BCUT2D eigenvalue weighted by Crippen LogP contribution is -2.31. The molecule has 1 fully saturated rings. The maximum atomic E-state index is 11.6. The molecule has 1 heterocycles. The molecule has 19 heavy (non-hydrogen) atoms. The summed E-state index contributed by atoms with van der Waals surface area (Å²) in [6, 6.07) is 6.87. The van der Waals surface area contributed by atoms with Crippen molar-refractivity contribution in [1.82, 2.24) is 5.32 Å². The third-order valence-electron chi connectivity index (χ3n) is 3.23. The molecule has 104 valence electrons. The highest BCUT2D eigenvalue weighted by Crippen LogP contribution is 2.16. The normalized spacial score (nSPS) is 19.2. The van der Waals surface area contributed by atoms with Crippen LogP contribution >= 0.6 is 0 Å². The Morgan fingerprint density at radius 3 is 2.53 bits per heavy atom. The number of anilines is 1. The van der Waals surface area contributed by atoms with Crippen LogP contribution in [0.25, 0.3) is 0 Å². The molecular weight excluding hydrogens is 264 g/mol. The van der Waals surface area contributed by atoms with E-state index >= 15 is 0 Å². The van der Waals surface area contributed by atoms with E-state index in [-0.39, 0.29) is 17.7 Å². The summed E-state index contributed by atoms with van der Waals surface area (Å²) in [6.07, 6.45) is 1.42. The standard InChI is InChI=1S/C13H18N2O3S/c1-2-19(17,18)12-6-3-10(4-7-12)14-9-11-5-8-13(16)15-11/h3-4,6-7,11,14H,2,5,8-9H2,1H3,(H,15,16). The van der Waals surface area contributed by atoms with Crippen molar-refractivity contribution in [1.29, 1.82) is 0 Å². The van der Waals surface area contributed by atoms with Gasteiger partial charge in [0.1, 0.15) is 0 Å². The van der Waals surface area contributed by atoms with E-state index in [0.717, 1.165) is 12.1 Å². The molecule has 1 aromatic carbocycles. The summed E-state index contributed by atoms with van der Waals surface area (Å²) < 4.78 is 23.3. The van der Waals surface area contributed by atoms with Crippen LogP contribution in [0, 0.1) is 0 Å². The van der Waals surface area contributed by atoms with Crippen molar-refractivity contribution in [2.24, 2.45) is 0 Å². The van der Waals surface area contributed by atoms with E-state index < -0.39 is 9.84 Å². The van der Waals surface area contributed by atoms with Crippen LogP contribution in [-0.4, -0.2) is 32.7 Å². The summed E-state index contributed by atoms with van der Waals surface area (Å²) in [5.74, 6) is 0.199. The molecule has 0 bridgehead atoms. The maximum Gasteiger partial charge on any atom is 0.220 e. The van der Waals surface area contributed by atoms with Gasteiger partial charge in [0.15, 0.2) is 9.84 Å². The molecule has 1 saturated heterocycles. The molecule has 2 rings (SSSR count). The number of amides is 1. The van der Waals surface area contributed by atoms with Gasteiger partial charge in [-0.25, -0.2) is 8.42 Å². The predicted molar refractivity (Wildman–Crippen MR) is 73.8 cm³/mol. The minimum absolute atomic E-state index is 0.0937. The molecule has 2 N–H and O–H groups in total. The first-order valence-corrected chi connectivity index (χ1v) is 8.02. The van der Waals surface area contributed by atoms with E-state index in [4.69, 9.17) is 0 Å². The lowest BCUT2D eigenvalue weighted by Gasteiger charge is -2.12. The number of hydrogen-bond donors (Lipinski definition) is 2. The second-order valence-electron chi connectivity index (χ2n) is 4.61. The van der Waals surface area contributed by atoms with Gasteiger partial charge in [-0.05, 0) is 30.7 Å². The van der Waals surface area contributed by atoms with Gasteiger partial charge in [0.25, 0.3) is 0 Å². The van der Waals surface area contributed by atoms with E-state index in [1.54, 1.807) is 31.2 Å². The summed E-state index contributed by atoms with van der Waals surface area (Å²) >= 11 is 0. The number of sulfone groups is 1. The predicted octanol–water partition coefficient (Wildman–Crippen LogP) is 1.17. The molecule has 0 spiro atoms. The molecule has 1 unspecified atom stereocenters. The Hall–Kier alpha value is -1.56. The molecule has 1 aliphatic rings. The largest absolute Gasteiger partial charge is 0.383 e. The fourth-order valence-corrected chi connectivity index (χ4v) is 2.90. The highest BCUT2D eigenvalue weighted by molar-refractivity contribution is 7.91. The van der Waals surface area contributed by atoms with E-state index in [9.17, 15) is 13.2 Å². The number of benzene rings is 1. The van der Waals surface area contributed by atoms with Crippen molar-refractivity contribution in [2.45, 2.75) is 30.7 Å². The van der Waals surface area contributed by atoms with Crippen molar-refractivity contribution < 1.29 is 13.2 Å². The molecule has 0 radical (unpaired) electrons. The molecule has 1 aliphatic heterocycles. The summed E-state index contributed by atoms with van der Waals surface area (Å²) in [7, 11) is -3.14. The molecule has 1 aromatic rings. The lowest BCUT2D eigenvalue weighted by molar-refractivity contribution is -0.119. The van der Waals surface area contributed by atoms with Gasteiger partial charge in [0, 0.05) is 24.7 Å². The van der Waals surface area contributed by atoms with Crippen molar-refractivity contribution in [3.63, 3.8) is 0 Å². The van der Waals surface area contributed by atoms with Crippen LogP contribution in [-0.2, 0) is 14.6 Å². The van der Waals surface area contributed by atoms with E-state index in [1.165, 1.54) is 0 Å². The minimum atomic E-state index is -3.14. The molecule has 6 heteroatoms. The van der Waals surface area contributed by atoms with Gasteiger partial charge in [0.05, 0.1) is 10.6 Å². The fraction of sp³-hybridized carbons (Fsp3) is 0.462. The van der Waals surface area contributed by atoms with Gasteiger partial charge in [-0.2, -0.15) is 0 Å². The van der Waals surface area contributed by atoms with Gasteiger partial charge >= 0.3 is 0 Å². The third kappa shape index (κ3) is 3.47. The van der Waals surface area contributed by atoms with Crippen molar-refractivity contribution in [2.75, 3.05) is 17.6 Å². The molecule has 1 atom stereocenters. The number of rotatable bonds is 5. The number of carbonyl (C=O) groups excluding carboxylic acids is 1. The first-order chi connectivity index (χ1) is 9.01. The second-order valence-corrected chi connectivity index (χ2v) is 6.89. The van der Waals surface area contributed by atoms with Gasteiger partial charge < -0.3 is 10.6 Å². The Labute approximate surface area is 113 Å². The fourth-order valence-electron chi connectivity index (χ4n) is 2.02. The highest BCUT2D eigenvalue weighted by Gasteiger charge is 2.20. The summed E-state index contributed by atoms with van der Waals surface area (Å²) in [5, 5.41) is 6.07. The van der Waals surface area contributed by atoms with Crippen LogP contribution < -0.4 is 10.6 Å². The second kappa shape index (κ2) is 5.61. The molecule has 0 aliphatic carbocycles. The molecule has 0 aromatic heterocycles. The first-order valence-electron chi connectivity index (χ1n) is 6.37. The quantitative estimate of drug-likeness (QED) is 0.850. The zero-order valence-corrected chi connectivity index (χ0v) is 11.7. The van der Waals surface area contributed by atoms with Crippen molar-refractivity contribution >= 4 is 21.4 Å². The molecule has 5 nitrogen and oxygen atoms in total. The van der Waals surface area contributed by atoms with E-state index in [1.807, 2.05) is 0 Å². The van der Waals surface area contributed by atoms with Crippen molar-refractivity contribution in [3.8, 4) is 0 Å². The molecular formula is C13H18N2O3S. The van der Waals surface area contributed by atoms with Crippen LogP contribution in [0.3, 0.4) is 0 Å². The Morgan fingerprint density at radius 1 is 1.32 bits per heavy atom. The van der Waals surface area contributed by atoms with Crippen LogP contribution in [0.5, 0.6) is 0 Å². The summed E-state index contributed by atoms with van der Waals surface area (Å²) in [4.78, 5) is 11.4. The van der Waals surface area contributed by atoms with E-state index in [0.29, 0.717) is 17.9 Å². The zero-order valence-electron chi connectivity index (χ0n) is 10.8. The SMILES string of the molecule is CCS(=O)(=O)c1ccc(NCC2CCC(=O)N2)cc1. The van der Waals surface area contributed by atoms with Gasteiger partial charge in [-0.15, -0.1) is 0 Å². The monoisotopic (exact) mass is 282 g/mol. The molecule has 0 saturated carbocycles. The average Bonchev–Trinajstić information content (AvgIpc) is 2.83. The zero-order chi connectivity index (χ0) is 13.9. The first kappa shape index (κ1) is 13.9. The topological polar surface area (TPSA) is 75.3 Å². The van der Waals surface area contributed by atoms with Crippen LogP contribution in [0.1, 0.15) is 19.8 Å². The maximum absolute atomic E-state index is 11.6. The summed E-state index contributed by atoms with van der Waals surface area (Å²) in [6.45, 7) is 2.29. The Bertz CT molecular complexity index is 552. The number of nitrogens with one attached hydrogen (secondary N) is 2. The highest BCUT2D eigenvalue weighted by atomic mass is 32.2. The average molecular weight is 282 g/mol. The number of hydrogen-bond acceptors (Lipinski definition) is 4. The minimum Gasteiger partial charge on any atom is -0.383 e. The van der Waals surface area contributed by atoms with Crippen LogP contribution in [0.4, 0.5) is 5.69 Å². The Morgan fingerprint density at radius 2 is 2.00 bits per heavy atom. The smallest absolute Gasteiger partial charge is 0.220 e. The molecule has 1 amide bonds. The van der Waals surface area contributed by atoms with Gasteiger partial charge in [-0.3, -0.25) is 4.79 Å². The van der Waals surface area contributed by atoms with Crippen molar-refractivity contribution in [3.05, 3.63) is 24.3 Å². The third-order valence-corrected chi connectivity index (χ3v) is 4.98. The Balaban J connectivity index is 1.94. The Kier molecular flexibility index (Phi) is 4.09. The van der Waals surface area contributed by atoms with Gasteiger partial charge in [-0.1, -0.05) is 6.92 Å². The van der Waals surface area contributed by atoms with Crippen LogP contribution in [0.15, 0.2) is 29.2 Å².